The molecule has 1 aliphatic rings. The Morgan fingerprint density at radius 1 is 1.23 bits per heavy atom. The molecule has 1 saturated heterocycles. The lowest BCUT2D eigenvalue weighted by molar-refractivity contribution is -0.146. The molecule has 0 bridgehead atoms. The van der Waals surface area contributed by atoms with E-state index in [0.717, 1.165) is 18.4 Å². The molecule has 1 aromatic carbocycles. The maximum Gasteiger partial charge on any atom is 0.227 e. The van der Waals surface area contributed by atoms with Crippen molar-refractivity contribution in [3.63, 3.8) is 0 Å². The van der Waals surface area contributed by atoms with Crippen molar-refractivity contribution in [3.05, 3.63) is 34.9 Å². The summed E-state index contributed by atoms with van der Waals surface area (Å²) in [4.78, 5) is 29.4. The molecular formula is C21H31ClN2O2. The fourth-order valence-corrected chi connectivity index (χ4v) is 3.60. The predicted octanol–water partition coefficient (Wildman–Crippen LogP) is 4.36. The Morgan fingerprint density at radius 3 is 2.35 bits per heavy atom. The average molecular weight is 379 g/mol. The van der Waals surface area contributed by atoms with Gasteiger partial charge in [0.05, 0.1) is 0 Å². The molecule has 0 atom stereocenters. The number of nitrogens with zero attached hydrogens (tertiary/aromatic N) is 2. The van der Waals surface area contributed by atoms with Crippen molar-refractivity contribution in [3.8, 4) is 0 Å². The third-order valence-electron chi connectivity index (χ3n) is 4.92. The van der Waals surface area contributed by atoms with Gasteiger partial charge in [0.25, 0.3) is 0 Å². The molecule has 4 nitrogen and oxygen atoms in total. The van der Waals surface area contributed by atoms with Gasteiger partial charge >= 0.3 is 0 Å². The largest absolute Gasteiger partial charge is 0.342 e. The molecule has 1 fully saturated rings. The number of amides is 2. The molecule has 1 aliphatic heterocycles. The van der Waals surface area contributed by atoms with Crippen molar-refractivity contribution >= 4 is 23.4 Å². The van der Waals surface area contributed by atoms with E-state index in [9.17, 15) is 9.59 Å². The first-order valence-electron chi connectivity index (χ1n) is 9.44. The minimum absolute atomic E-state index is 0.0133. The Morgan fingerprint density at radius 2 is 1.85 bits per heavy atom. The fourth-order valence-electron chi connectivity index (χ4n) is 3.39. The zero-order chi connectivity index (χ0) is 19.5. The highest BCUT2D eigenvalue weighted by Gasteiger charge is 2.34. The maximum atomic E-state index is 13.1. The van der Waals surface area contributed by atoms with E-state index >= 15 is 0 Å². The molecule has 144 valence electrons. The average Bonchev–Trinajstić information content (AvgIpc) is 2.57. The van der Waals surface area contributed by atoms with Crippen molar-refractivity contribution < 1.29 is 9.59 Å². The zero-order valence-electron chi connectivity index (χ0n) is 16.6. The number of piperidine rings is 1. The molecule has 0 N–H and O–H groups in total. The van der Waals surface area contributed by atoms with Gasteiger partial charge in [0.1, 0.15) is 0 Å². The molecule has 2 amide bonds. The minimum Gasteiger partial charge on any atom is -0.342 e. The van der Waals surface area contributed by atoms with Crippen LogP contribution in [0.3, 0.4) is 0 Å². The van der Waals surface area contributed by atoms with Crippen LogP contribution in [0.15, 0.2) is 24.3 Å². The summed E-state index contributed by atoms with van der Waals surface area (Å²) in [6.45, 7) is 11.8. The van der Waals surface area contributed by atoms with E-state index in [1.165, 1.54) is 0 Å². The van der Waals surface area contributed by atoms with Gasteiger partial charge in [0.15, 0.2) is 0 Å². The van der Waals surface area contributed by atoms with Crippen LogP contribution in [0, 0.1) is 11.3 Å². The van der Waals surface area contributed by atoms with Gasteiger partial charge in [-0.1, -0.05) is 44.5 Å². The summed E-state index contributed by atoms with van der Waals surface area (Å²) in [6.07, 6.45) is 1.47. The Kier molecular flexibility index (Phi) is 6.73. The monoisotopic (exact) mass is 378 g/mol. The maximum absolute atomic E-state index is 13.1. The second-order valence-electron chi connectivity index (χ2n) is 8.51. The van der Waals surface area contributed by atoms with Crippen molar-refractivity contribution in [1.82, 2.24) is 9.80 Å². The molecule has 0 aromatic heterocycles. The highest BCUT2D eigenvalue weighted by atomic mass is 35.5. The molecule has 0 unspecified atom stereocenters. The lowest BCUT2D eigenvalue weighted by Crippen LogP contribution is -2.48. The van der Waals surface area contributed by atoms with Crippen molar-refractivity contribution in [2.75, 3.05) is 13.1 Å². The van der Waals surface area contributed by atoms with Crippen molar-refractivity contribution in [2.24, 2.45) is 11.3 Å². The first kappa shape index (κ1) is 20.8. The van der Waals surface area contributed by atoms with Gasteiger partial charge in [-0.05, 0) is 44.4 Å². The van der Waals surface area contributed by atoms with Gasteiger partial charge in [-0.3, -0.25) is 9.59 Å². The molecular weight excluding hydrogens is 348 g/mol. The summed E-state index contributed by atoms with van der Waals surface area (Å²) in [5, 5.41) is 0.688. The Balaban J connectivity index is 2.01. The van der Waals surface area contributed by atoms with Gasteiger partial charge in [-0.2, -0.15) is 0 Å². The highest BCUT2D eigenvalue weighted by Crippen LogP contribution is 2.26. The van der Waals surface area contributed by atoms with Gasteiger partial charge < -0.3 is 9.80 Å². The highest BCUT2D eigenvalue weighted by molar-refractivity contribution is 6.30. The van der Waals surface area contributed by atoms with E-state index in [1.54, 1.807) is 0 Å². The summed E-state index contributed by atoms with van der Waals surface area (Å²) in [5.74, 6) is 0.339. The van der Waals surface area contributed by atoms with Crippen molar-refractivity contribution in [2.45, 2.75) is 60.0 Å². The Labute approximate surface area is 162 Å². The van der Waals surface area contributed by atoms with Crippen LogP contribution in [0.5, 0.6) is 0 Å². The van der Waals surface area contributed by atoms with E-state index < -0.39 is 0 Å². The second kappa shape index (κ2) is 8.43. The van der Waals surface area contributed by atoms with E-state index in [-0.39, 0.29) is 29.2 Å². The number of rotatable bonds is 4. The van der Waals surface area contributed by atoms with Crippen LogP contribution in [0.4, 0.5) is 0 Å². The SMILES string of the molecule is CC(C)N(Cc1cccc(Cl)c1)C(=O)C1CCN(C(=O)C(C)(C)C)CC1. The summed E-state index contributed by atoms with van der Waals surface area (Å²) in [5.41, 5.74) is 0.674. The third kappa shape index (κ3) is 5.23. The van der Waals surface area contributed by atoms with E-state index in [0.29, 0.717) is 24.7 Å². The molecule has 5 heteroatoms. The number of hydrogen-bond acceptors (Lipinski definition) is 2. The Bertz CT molecular complexity index is 644. The smallest absolute Gasteiger partial charge is 0.227 e. The normalized spacial score (nSPS) is 16.0. The van der Waals surface area contributed by atoms with Crippen LogP contribution in [0.1, 0.15) is 53.0 Å². The summed E-state index contributed by atoms with van der Waals surface area (Å²) < 4.78 is 0. The summed E-state index contributed by atoms with van der Waals surface area (Å²) >= 11 is 6.08. The predicted molar refractivity (Wildman–Crippen MR) is 106 cm³/mol. The number of likely N-dealkylation sites (tertiary alicyclic amines) is 1. The van der Waals surface area contributed by atoms with E-state index in [2.05, 4.69) is 0 Å². The van der Waals surface area contributed by atoms with Gasteiger partial charge in [0, 0.05) is 42.0 Å². The van der Waals surface area contributed by atoms with Crippen LogP contribution < -0.4 is 0 Å². The quantitative estimate of drug-likeness (QED) is 0.780. The molecule has 1 aromatic rings. The van der Waals surface area contributed by atoms with Crippen LogP contribution in [-0.2, 0) is 16.1 Å². The second-order valence-corrected chi connectivity index (χ2v) is 8.94. The summed E-state index contributed by atoms with van der Waals surface area (Å²) in [7, 11) is 0. The lowest BCUT2D eigenvalue weighted by atomic mass is 9.90. The van der Waals surface area contributed by atoms with Gasteiger partial charge in [-0.15, -0.1) is 0 Å². The van der Waals surface area contributed by atoms with E-state index in [4.69, 9.17) is 11.6 Å². The Hall–Kier alpha value is -1.55. The standard InChI is InChI=1S/C21H31ClN2O2/c1-15(2)24(14-16-7-6-8-18(22)13-16)19(25)17-9-11-23(12-10-17)20(26)21(3,4)5/h6-8,13,15,17H,9-12,14H2,1-5H3. The molecule has 26 heavy (non-hydrogen) atoms. The first-order valence-corrected chi connectivity index (χ1v) is 9.81. The molecule has 0 aliphatic carbocycles. The van der Waals surface area contributed by atoms with Gasteiger partial charge in [0.2, 0.25) is 11.8 Å². The topological polar surface area (TPSA) is 40.6 Å². The molecule has 0 spiro atoms. The number of benzene rings is 1. The number of carbonyl (C=O) groups is 2. The molecule has 1 heterocycles. The molecule has 0 radical (unpaired) electrons. The number of halogens is 1. The molecule has 2 rings (SSSR count). The fraction of sp³-hybridized carbons (Fsp3) is 0.619. The molecule has 0 saturated carbocycles. The first-order chi connectivity index (χ1) is 12.1. The van der Waals surface area contributed by atoms with Crippen LogP contribution in [0.25, 0.3) is 0 Å². The van der Waals surface area contributed by atoms with Crippen molar-refractivity contribution in [1.29, 1.82) is 0 Å². The number of carbonyl (C=O) groups excluding carboxylic acids is 2. The van der Waals surface area contributed by atoms with Crippen LogP contribution in [0.2, 0.25) is 5.02 Å². The van der Waals surface area contributed by atoms with Crippen LogP contribution >= 0.6 is 11.6 Å². The minimum atomic E-state index is -0.368. The third-order valence-corrected chi connectivity index (χ3v) is 5.16. The van der Waals surface area contributed by atoms with Crippen LogP contribution in [-0.4, -0.2) is 40.7 Å². The summed E-state index contributed by atoms with van der Waals surface area (Å²) in [6, 6.07) is 7.79. The zero-order valence-corrected chi connectivity index (χ0v) is 17.3. The van der Waals surface area contributed by atoms with E-state index in [1.807, 2.05) is 68.7 Å². The number of hydrogen-bond donors (Lipinski definition) is 0. The lowest BCUT2D eigenvalue weighted by Gasteiger charge is -2.38. The van der Waals surface area contributed by atoms with Gasteiger partial charge in [-0.25, -0.2) is 0 Å².